The summed E-state index contributed by atoms with van der Waals surface area (Å²) in [5, 5.41) is 4.13. The van der Waals surface area contributed by atoms with Crippen molar-refractivity contribution in [1.82, 2.24) is 9.88 Å². The van der Waals surface area contributed by atoms with E-state index in [2.05, 4.69) is 22.1 Å². The molecule has 1 aliphatic heterocycles. The molecule has 5 heteroatoms. The van der Waals surface area contributed by atoms with Crippen molar-refractivity contribution in [3.63, 3.8) is 0 Å². The Balaban J connectivity index is 1.88. The Morgan fingerprint density at radius 2 is 2.16 bits per heavy atom. The molecule has 0 bridgehead atoms. The molecular formula is C14H23N3OS. The van der Waals surface area contributed by atoms with Gasteiger partial charge < -0.3 is 10.2 Å². The quantitative estimate of drug-likeness (QED) is 0.781. The molecule has 0 aliphatic carbocycles. The molecule has 0 amide bonds. The Kier molecular flexibility index (Phi) is 5.34. The van der Waals surface area contributed by atoms with E-state index in [1.807, 2.05) is 6.92 Å². The van der Waals surface area contributed by atoms with Gasteiger partial charge in [-0.1, -0.05) is 18.3 Å². The van der Waals surface area contributed by atoms with Crippen molar-refractivity contribution in [2.24, 2.45) is 0 Å². The van der Waals surface area contributed by atoms with E-state index in [9.17, 15) is 4.79 Å². The van der Waals surface area contributed by atoms with Crippen molar-refractivity contribution in [1.29, 1.82) is 0 Å². The van der Waals surface area contributed by atoms with Gasteiger partial charge in [0.2, 0.25) is 0 Å². The number of anilines is 1. The molecule has 106 valence electrons. The fourth-order valence-electron chi connectivity index (χ4n) is 2.34. The first-order chi connectivity index (χ1) is 9.20. The summed E-state index contributed by atoms with van der Waals surface area (Å²) >= 11 is 1.50. The van der Waals surface area contributed by atoms with Crippen LogP contribution in [0.3, 0.4) is 0 Å². The maximum absolute atomic E-state index is 12.2. The number of thiazole rings is 1. The van der Waals surface area contributed by atoms with Crippen molar-refractivity contribution in [3.05, 3.63) is 10.6 Å². The van der Waals surface area contributed by atoms with Gasteiger partial charge in [-0.15, -0.1) is 0 Å². The molecule has 0 atom stereocenters. The SMILES string of the molecule is CCCNc1nc(C)c(C(=O)CCN2CCCC2)s1. The van der Waals surface area contributed by atoms with Crippen LogP contribution in [0.2, 0.25) is 0 Å². The second-order valence-electron chi connectivity index (χ2n) is 5.08. The summed E-state index contributed by atoms with van der Waals surface area (Å²) < 4.78 is 0. The van der Waals surface area contributed by atoms with Gasteiger partial charge >= 0.3 is 0 Å². The van der Waals surface area contributed by atoms with Crippen molar-refractivity contribution in [3.8, 4) is 0 Å². The molecule has 2 rings (SSSR count). The van der Waals surface area contributed by atoms with E-state index in [0.29, 0.717) is 6.42 Å². The maximum Gasteiger partial charge on any atom is 0.183 e. The lowest BCUT2D eigenvalue weighted by Gasteiger charge is -2.12. The molecular weight excluding hydrogens is 258 g/mol. The normalized spacial score (nSPS) is 15.9. The van der Waals surface area contributed by atoms with E-state index in [-0.39, 0.29) is 5.78 Å². The van der Waals surface area contributed by atoms with Gasteiger partial charge in [0.1, 0.15) is 0 Å². The summed E-state index contributed by atoms with van der Waals surface area (Å²) in [4.78, 5) is 19.9. The monoisotopic (exact) mass is 281 g/mol. The molecule has 0 saturated carbocycles. The Labute approximate surface area is 119 Å². The first-order valence-corrected chi connectivity index (χ1v) is 7.99. The van der Waals surface area contributed by atoms with E-state index in [1.54, 1.807) is 0 Å². The van der Waals surface area contributed by atoms with Crippen LogP contribution in [0.5, 0.6) is 0 Å². The molecule has 19 heavy (non-hydrogen) atoms. The van der Waals surface area contributed by atoms with E-state index >= 15 is 0 Å². The lowest BCUT2D eigenvalue weighted by atomic mass is 10.2. The van der Waals surface area contributed by atoms with Gasteiger partial charge in [-0.2, -0.15) is 0 Å². The third-order valence-electron chi connectivity index (χ3n) is 3.43. The minimum atomic E-state index is 0.242. The Bertz CT molecular complexity index is 424. The van der Waals surface area contributed by atoms with Crippen LogP contribution >= 0.6 is 11.3 Å². The van der Waals surface area contributed by atoms with Gasteiger partial charge in [0.15, 0.2) is 10.9 Å². The lowest BCUT2D eigenvalue weighted by Crippen LogP contribution is -2.22. The minimum Gasteiger partial charge on any atom is -0.362 e. The molecule has 0 aromatic carbocycles. The summed E-state index contributed by atoms with van der Waals surface area (Å²) in [6, 6.07) is 0. The van der Waals surface area contributed by atoms with Gasteiger partial charge in [-0.3, -0.25) is 4.79 Å². The van der Waals surface area contributed by atoms with Crippen molar-refractivity contribution >= 4 is 22.3 Å². The Hall–Kier alpha value is -0.940. The summed E-state index contributed by atoms with van der Waals surface area (Å²) in [5.74, 6) is 0.242. The average molecular weight is 281 g/mol. The van der Waals surface area contributed by atoms with Crippen LogP contribution < -0.4 is 5.32 Å². The molecule has 0 radical (unpaired) electrons. The largest absolute Gasteiger partial charge is 0.362 e. The van der Waals surface area contributed by atoms with Gasteiger partial charge in [-0.25, -0.2) is 4.98 Å². The number of hydrogen-bond acceptors (Lipinski definition) is 5. The zero-order valence-corrected chi connectivity index (χ0v) is 12.7. The maximum atomic E-state index is 12.2. The van der Waals surface area contributed by atoms with Gasteiger partial charge in [-0.05, 0) is 39.3 Å². The summed E-state index contributed by atoms with van der Waals surface area (Å²) in [5.41, 5.74) is 0.870. The lowest BCUT2D eigenvalue weighted by molar-refractivity contribution is 0.0972. The molecule has 2 heterocycles. The highest BCUT2D eigenvalue weighted by atomic mass is 32.1. The van der Waals surface area contributed by atoms with Gasteiger partial charge in [0, 0.05) is 19.5 Å². The summed E-state index contributed by atoms with van der Waals surface area (Å²) in [7, 11) is 0. The Morgan fingerprint density at radius 3 is 2.84 bits per heavy atom. The number of carbonyl (C=O) groups excluding carboxylic acids is 1. The smallest absolute Gasteiger partial charge is 0.183 e. The zero-order valence-electron chi connectivity index (χ0n) is 11.9. The van der Waals surface area contributed by atoms with Crippen LogP contribution in [0.4, 0.5) is 5.13 Å². The second-order valence-corrected chi connectivity index (χ2v) is 6.08. The number of aromatic nitrogens is 1. The average Bonchev–Trinajstić information content (AvgIpc) is 3.03. The molecule has 4 nitrogen and oxygen atoms in total. The fraction of sp³-hybridized carbons (Fsp3) is 0.714. The molecule has 0 spiro atoms. The number of ketones is 1. The zero-order chi connectivity index (χ0) is 13.7. The van der Waals surface area contributed by atoms with E-state index in [4.69, 9.17) is 0 Å². The van der Waals surface area contributed by atoms with Crippen LogP contribution in [0, 0.1) is 6.92 Å². The van der Waals surface area contributed by atoms with Crippen LogP contribution in [-0.2, 0) is 0 Å². The van der Waals surface area contributed by atoms with Crippen LogP contribution in [-0.4, -0.2) is 41.8 Å². The topological polar surface area (TPSA) is 45.2 Å². The van der Waals surface area contributed by atoms with Crippen LogP contribution in [0.1, 0.15) is 48.0 Å². The molecule has 1 N–H and O–H groups in total. The molecule has 1 aromatic heterocycles. The predicted octanol–water partition coefficient (Wildman–Crippen LogP) is 2.94. The number of nitrogens with zero attached hydrogens (tertiary/aromatic N) is 2. The molecule has 1 saturated heterocycles. The van der Waals surface area contributed by atoms with Gasteiger partial charge in [0.05, 0.1) is 10.6 Å². The first kappa shape index (κ1) is 14.5. The van der Waals surface area contributed by atoms with Crippen molar-refractivity contribution in [2.75, 3.05) is 31.5 Å². The van der Waals surface area contributed by atoms with Crippen molar-refractivity contribution < 1.29 is 4.79 Å². The number of hydrogen-bond donors (Lipinski definition) is 1. The standard InChI is InChI=1S/C14H23N3OS/c1-3-7-15-14-16-11(2)13(19-14)12(18)6-10-17-8-4-5-9-17/h3-10H2,1-2H3,(H,15,16). The summed E-state index contributed by atoms with van der Waals surface area (Å²) in [6.07, 6.45) is 4.24. The third-order valence-corrected chi connectivity index (χ3v) is 4.59. The highest BCUT2D eigenvalue weighted by Crippen LogP contribution is 2.24. The number of aryl methyl sites for hydroxylation is 1. The number of nitrogens with one attached hydrogen (secondary N) is 1. The number of carbonyl (C=O) groups is 1. The van der Waals surface area contributed by atoms with Crippen molar-refractivity contribution in [2.45, 2.75) is 39.5 Å². The van der Waals surface area contributed by atoms with E-state index < -0.39 is 0 Å². The molecule has 1 aliphatic rings. The number of likely N-dealkylation sites (tertiary alicyclic amines) is 1. The van der Waals surface area contributed by atoms with E-state index in [1.165, 1.54) is 24.2 Å². The third kappa shape index (κ3) is 4.01. The van der Waals surface area contributed by atoms with E-state index in [0.717, 1.165) is 48.3 Å². The highest BCUT2D eigenvalue weighted by Gasteiger charge is 2.17. The minimum absolute atomic E-state index is 0.242. The van der Waals surface area contributed by atoms with Gasteiger partial charge in [0.25, 0.3) is 0 Å². The van der Waals surface area contributed by atoms with Crippen LogP contribution in [0.15, 0.2) is 0 Å². The molecule has 1 aromatic rings. The fourth-order valence-corrected chi connectivity index (χ4v) is 3.30. The number of rotatable bonds is 7. The Morgan fingerprint density at radius 1 is 1.42 bits per heavy atom. The number of Topliss-reactive ketones (excluding diaryl/α,β-unsaturated/α-hetero) is 1. The predicted molar refractivity (Wildman–Crippen MR) is 80.3 cm³/mol. The molecule has 0 unspecified atom stereocenters. The van der Waals surface area contributed by atoms with Crippen LogP contribution in [0.25, 0.3) is 0 Å². The summed E-state index contributed by atoms with van der Waals surface area (Å²) in [6.45, 7) is 8.16. The second kappa shape index (κ2) is 7.01. The highest BCUT2D eigenvalue weighted by molar-refractivity contribution is 7.17. The first-order valence-electron chi connectivity index (χ1n) is 7.17. The molecule has 1 fully saturated rings.